The molecule has 2 N–H and O–H groups in total. The monoisotopic (exact) mass is 311 g/mol. The number of hydrogen-bond acceptors (Lipinski definition) is 3. The Balaban J connectivity index is 1.97. The summed E-state index contributed by atoms with van der Waals surface area (Å²) in [5, 5.41) is 5.75. The molecule has 0 spiro atoms. The molecule has 0 atom stereocenters. The van der Waals surface area contributed by atoms with E-state index in [1.165, 1.54) is 6.20 Å². The average Bonchev–Trinajstić information content (AvgIpc) is 2.59. The summed E-state index contributed by atoms with van der Waals surface area (Å²) in [7, 11) is 0. The minimum atomic E-state index is -0.190. The molecule has 1 heterocycles. The van der Waals surface area contributed by atoms with Crippen LogP contribution in [0.15, 0.2) is 48.8 Å². The smallest absolute Gasteiger partial charge is 0.253 e. The number of amides is 2. The van der Waals surface area contributed by atoms with E-state index in [4.69, 9.17) is 0 Å². The Kier molecular flexibility index (Phi) is 6.29. The van der Waals surface area contributed by atoms with Gasteiger partial charge in [-0.1, -0.05) is 31.5 Å². The van der Waals surface area contributed by atoms with Crippen molar-refractivity contribution in [3.8, 4) is 0 Å². The number of rotatable bonds is 7. The molecular weight excluding hydrogens is 290 g/mol. The van der Waals surface area contributed by atoms with Crippen LogP contribution in [-0.4, -0.2) is 16.8 Å². The number of para-hydroxylation sites is 1. The van der Waals surface area contributed by atoms with Crippen LogP contribution in [0.3, 0.4) is 0 Å². The molecule has 0 unspecified atom stereocenters. The predicted molar refractivity (Wildman–Crippen MR) is 90.0 cm³/mol. The lowest BCUT2D eigenvalue weighted by molar-refractivity contribution is -0.116. The lowest BCUT2D eigenvalue weighted by Crippen LogP contribution is -2.24. The zero-order chi connectivity index (χ0) is 16.5. The highest BCUT2D eigenvalue weighted by molar-refractivity contribution is 5.94. The molecule has 120 valence electrons. The largest absolute Gasteiger partial charge is 0.348 e. The Bertz CT molecular complexity index is 656. The number of nitrogens with zero attached hydrogens (tertiary/aromatic N) is 1. The van der Waals surface area contributed by atoms with E-state index >= 15 is 0 Å². The van der Waals surface area contributed by atoms with E-state index in [1.807, 2.05) is 24.3 Å². The lowest BCUT2D eigenvalue weighted by atomic mass is 10.1. The Labute approximate surface area is 136 Å². The van der Waals surface area contributed by atoms with E-state index in [2.05, 4.69) is 22.5 Å². The molecule has 2 amide bonds. The molecule has 5 nitrogen and oxygen atoms in total. The molecule has 0 saturated heterocycles. The van der Waals surface area contributed by atoms with Crippen LogP contribution in [0.1, 0.15) is 42.1 Å². The van der Waals surface area contributed by atoms with Crippen molar-refractivity contribution in [2.24, 2.45) is 0 Å². The van der Waals surface area contributed by atoms with Gasteiger partial charge in [-0.05, 0) is 30.2 Å². The van der Waals surface area contributed by atoms with Gasteiger partial charge in [0.2, 0.25) is 5.91 Å². The molecule has 1 aromatic carbocycles. The number of anilines is 1. The van der Waals surface area contributed by atoms with Crippen molar-refractivity contribution >= 4 is 17.5 Å². The van der Waals surface area contributed by atoms with Crippen LogP contribution in [0, 0.1) is 0 Å². The molecule has 2 rings (SSSR count). The predicted octanol–water partition coefficient (Wildman–Crippen LogP) is 3.14. The second kappa shape index (κ2) is 8.68. The van der Waals surface area contributed by atoms with Gasteiger partial charge in [0.1, 0.15) is 0 Å². The maximum atomic E-state index is 12.1. The summed E-state index contributed by atoms with van der Waals surface area (Å²) in [6, 6.07) is 10.9. The van der Waals surface area contributed by atoms with E-state index in [1.54, 1.807) is 18.3 Å². The van der Waals surface area contributed by atoms with Crippen molar-refractivity contribution in [3.05, 3.63) is 59.9 Å². The molecule has 0 aliphatic rings. The lowest BCUT2D eigenvalue weighted by Gasteiger charge is -2.12. The zero-order valence-electron chi connectivity index (χ0n) is 13.2. The third kappa shape index (κ3) is 5.21. The van der Waals surface area contributed by atoms with Crippen LogP contribution in [0.4, 0.5) is 5.69 Å². The number of unbranched alkanes of at least 4 members (excludes halogenated alkanes) is 1. The van der Waals surface area contributed by atoms with Crippen molar-refractivity contribution in [3.63, 3.8) is 0 Å². The molecule has 0 aliphatic carbocycles. The van der Waals surface area contributed by atoms with Crippen molar-refractivity contribution in [1.29, 1.82) is 0 Å². The summed E-state index contributed by atoms with van der Waals surface area (Å²) in [4.78, 5) is 27.9. The molecule has 0 bridgehead atoms. The molecule has 0 radical (unpaired) electrons. The fourth-order valence-corrected chi connectivity index (χ4v) is 2.12. The standard InChI is InChI=1S/C18H21N3O2/c1-2-3-10-17(22)21-16-9-5-4-7-14(16)13-20-18(23)15-8-6-11-19-12-15/h4-9,11-12H,2-3,10,13H2,1H3,(H,20,23)(H,21,22). The summed E-state index contributed by atoms with van der Waals surface area (Å²) in [6.45, 7) is 2.40. The minimum Gasteiger partial charge on any atom is -0.348 e. The first-order chi connectivity index (χ1) is 11.2. The first kappa shape index (κ1) is 16.7. The summed E-state index contributed by atoms with van der Waals surface area (Å²) < 4.78 is 0. The Morgan fingerprint density at radius 3 is 2.70 bits per heavy atom. The molecule has 2 aromatic rings. The van der Waals surface area contributed by atoms with Crippen LogP contribution in [0.2, 0.25) is 0 Å². The van der Waals surface area contributed by atoms with Crippen LogP contribution in [-0.2, 0) is 11.3 Å². The molecular formula is C18H21N3O2. The van der Waals surface area contributed by atoms with E-state index in [-0.39, 0.29) is 11.8 Å². The van der Waals surface area contributed by atoms with Gasteiger partial charge in [0.15, 0.2) is 0 Å². The molecule has 1 aromatic heterocycles. The highest BCUT2D eigenvalue weighted by atomic mass is 16.2. The van der Waals surface area contributed by atoms with E-state index in [0.29, 0.717) is 18.5 Å². The Morgan fingerprint density at radius 2 is 1.96 bits per heavy atom. The summed E-state index contributed by atoms with van der Waals surface area (Å²) in [6.07, 6.45) is 5.50. The number of benzene rings is 1. The highest BCUT2D eigenvalue weighted by Gasteiger charge is 2.09. The van der Waals surface area contributed by atoms with Gasteiger partial charge in [-0.3, -0.25) is 14.6 Å². The fraction of sp³-hybridized carbons (Fsp3) is 0.278. The molecule has 0 fully saturated rings. The van der Waals surface area contributed by atoms with Crippen LogP contribution >= 0.6 is 0 Å². The zero-order valence-corrected chi connectivity index (χ0v) is 13.2. The molecule has 0 saturated carbocycles. The maximum absolute atomic E-state index is 12.1. The van der Waals surface area contributed by atoms with Gasteiger partial charge in [0.05, 0.1) is 5.56 Å². The highest BCUT2D eigenvalue weighted by Crippen LogP contribution is 2.15. The van der Waals surface area contributed by atoms with Crippen LogP contribution < -0.4 is 10.6 Å². The van der Waals surface area contributed by atoms with Crippen molar-refractivity contribution in [2.75, 3.05) is 5.32 Å². The number of aromatic nitrogens is 1. The van der Waals surface area contributed by atoms with E-state index in [9.17, 15) is 9.59 Å². The maximum Gasteiger partial charge on any atom is 0.253 e. The minimum absolute atomic E-state index is 0.00196. The average molecular weight is 311 g/mol. The van der Waals surface area contributed by atoms with Gasteiger partial charge >= 0.3 is 0 Å². The number of carbonyl (C=O) groups is 2. The van der Waals surface area contributed by atoms with Gasteiger partial charge in [-0.15, -0.1) is 0 Å². The van der Waals surface area contributed by atoms with Crippen molar-refractivity contribution < 1.29 is 9.59 Å². The first-order valence-electron chi connectivity index (χ1n) is 7.76. The van der Waals surface area contributed by atoms with Gasteiger partial charge in [0.25, 0.3) is 5.91 Å². The van der Waals surface area contributed by atoms with Gasteiger partial charge < -0.3 is 10.6 Å². The number of nitrogens with one attached hydrogen (secondary N) is 2. The molecule has 0 aliphatic heterocycles. The normalized spacial score (nSPS) is 10.1. The number of pyridine rings is 1. The van der Waals surface area contributed by atoms with Crippen molar-refractivity contribution in [2.45, 2.75) is 32.7 Å². The third-order valence-corrected chi connectivity index (χ3v) is 3.41. The fourth-order valence-electron chi connectivity index (χ4n) is 2.12. The summed E-state index contributed by atoms with van der Waals surface area (Å²) in [5.74, 6) is -0.192. The summed E-state index contributed by atoms with van der Waals surface area (Å²) in [5.41, 5.74) is 2.12. The van der Waals surface area contributed by atoms with E-state index in [0.717, 1.165) is 24.1 Å². The second-order valence-electron chi connectivity index (χ2n) is 5.23. The van der Waals surface area contributed by atoms with Gasteiger partial charge in [-0.2, -0.15) is 0 Å². The SMILES string of the molecule is CCCCC(=O)Nc1ccccc1CNC(=O)c1cccnc1. The van der Waals surface area contributed by atoms with Gasteiger partial charge in [0, 0.05) is 31.0 Å². The summed E-state index contributed by atoms with van der Waals surface area (Å²) >= 11 is 0. The number of carbonyl (C=O) groups excluding carboxylic acids is 2. The van der Waals surface area contributed by atoms with Gasteiger partial charge in [-0.25, -0.2) is 0 Å². The molecule has 23 heavy (non-hydrogen) atoms. The Morgan fingerprint density at radius 1 is 1.13 bits per heavy atom. The van der Waals surface area contributed by atoms with Crippen molar-refractivity contribution in [1.82, 2.24) is 10.3 Å². The third-order valence-electron chi connectivity index (χ3n) is 3.41. The molecule has 5 heteroatoms. The topological polar surface area (TPSA) is 71.1 Å². The van der Waals surface area contributed by atoms with Crippen LogP contribution in [0.5, 0.6) is 0 Å². The Hall–Kier alpha value is -2.69. The number of hydrogen-bond donors (Lipinski definition) is 2. The quantitative estimate of drug-likeness (QED) is 0.825. The second-order valence-corrected chi connectivity index (χ2v) is 5.23. The van der Waals surface area contributed by atoms with Crippen LogP contribution in [0.25, 0.3) is 0 Å². The first-order valence-corrected chi connectivity index (χ1v) is 7.76. The van der Waals surface area contributed by atoms with E-state index < -0.39 is 0 Å².